The van der Waals surface area contributed by atoms with Gasteiger partial charge in [0.25, 0.3) is 5.91 Å². The number of hydrogen-bond acceptors (Lipinski definition) is 7. The number of carbonyl (C=O) groups excluding carboxylic acids is 1. The number of halogens is 1. The zero-order chi connectivity index (χ0) is 26.8. The molecule has 0 aliphatic carbocycles. The number of rotatable bonds is 13. The molecule has 0 spiro atoms. The van der Waals surface area contributed by atoms with Gasteiger partial charge in [0.2, 0.25) is 0 Å². The summed E-state index contributed by atoms with van der Waals surface area (Å²) in [6, 6.07) is 14.7. The molecule has 1 aliphatic heterocycles. The van der Waals surface area contributed by atoms with Crippen molar-refractivity contribution in [2.75, 3.05) is 41.6 Å². The number of benzene rings is 2. The van der Waals surface area contributed by atoms with E-state index in [-0.39, 0.29) is 18.3 Å². The molecular weight excluding hydrogens is 524 g/mol. The van der Waals surface area contributed by atoms with Crippen molar-refractivity contribution >= 4 is 40.5 Å². The average Bonchev–Trinajstić information content (AvgIpc) is 2.86. The summed E-state index contributed by atoms with van der Waals surface area (Å²) in [7, 11) is -2.92. The first-order valence-corrected chi connectivity index (χ1v) is 15.0. The van der Waals surface area contributed by atoms with Gasteiger partial charge in [-0.25, -0.2) is 0 Å². The zero-order valence-electron chi connectivity index (χ0n) is 22.7. The number of aliphatic hydroxyl groups excluding tert-OH is 1. The van der Waals surface area contributed by atoms with Crippen LogP contribution in [-0.2, 0) is 6.42 Å². The summed E-state index contributed by atoms with van der Waals surface area (Å²) in [5.74, 6) is 0.590. The monoisotopic (exact) mass is 568 g/mol. The zero-order valence-corrected chi connectivity index (χ0v) is 24.4. The van der Waals surface area contributed by atoms with Crippen LogP contribution < -0.4 is 20.3 Å². The summed E-state index contributed by atoms with van der Waals surface area (Å²) in [5, 5.41) is 20.7. The van der Waals surface area contributed by atoms with Crippen LogP contribution in [0.25, 0.3) is 0 Å². The Kier molecular flexibility index (Phi) is 13.2. The van der Waals surface area contributed by atoms with Crippen LogP contribution >= 0.6 is 23.2 Å². The largest absolute Gasteiger partial charge is 0.390 e. The van der Waals surface area contributed by atoms with Crippen LogP contribution in [0, 0.1) is 5.92 Å². The van der Waals surface area contributed by atoms with Crippen LogP contribution in [0.15, 0.2) is 48.5 Å². The lowest BCUT2D eigenvalue weighted by molar-refractivity contribution is 0.0830. The van der Waals surface area contributed by atoms with Gasteiger partial charge in [-0.05, 0) is 68.8 Å². The normalized spacial score (nSPS) is 17.3. The van der Waals surface area contributed by atoms with Crippen LogP contribution in [0.4, 0.5) is 11.4 Å². The molecule has 3 rings (SSSR count). The van der Waals surface area contributed by atoms with Gasteiger partial charge in [-0.3, -0.25) is 18.2 Å². The molecule has 214 valence electrons. The maximum atomic E-state index is 13.5. The fraction of sp³-hybridized carbons (Fsp3) is 0.536. The Bertz CT molecular complexity index is 996. The molecule has 1 saturated heterocycles. The highest BCUT2D eigenvalue weighted by Gasteiger charge is 2.28. The second-order valence-corrected chi connectivity index (χ2v) is 12.3. The predicted octanol–water partition coefficient (Wildman–Crippen LogP) is 5.14. The van der Waals surface area contributed by atoms with Gasteiger partial charge in [-0.1, -0.05) is 44.2 Å². The number of aliphatic hydroxyl groups is 1. The van der Waals surface area contributed by atoms with Gasteiger partial charge in [0, 0.05) is 30.9 Å². The summed E-state index contributed by atoms with van der Waals surface area (Å²) in [5.41, 5.74) is 2.78. The SMILES string of the molecule is CCNc1cc(C(=O)N[C@@H](Cc2ccccc2)[C@H](O)CNCCC(C)C)cc(N2CCCCS2(O)O)c1.Cl. The quantitative estimate of drug-likeness (QED) is 0.185. The lowest BCUT2D eigenvalue weighted by Crippen LogP contribution is -2.49. The first-order valence-electron chi connectivity index (χ1n) is 13.4. The van der Waals surface area contributed by atoms with E-state index in [0.29, 0.717) is 49.0 Å². The Morgan fingerprint density at radius 3 is 2.50 bits per heavy atom. The Hall–Kier alpha value is -2.01. The Balaban J connectivity index is 0.00000507. The van der Waals surface area contributed by atoms with Crippen molar-refractivity contribution in [1.82, 2.24) is 10.6 Å². The van der Waals surface area contributed by atoms with Gasteiger partial charge in [-0.15, -0.1) is 23.2 Å². The van der Waals surface area contributed by atoms with Gasteiger partial charge in [0.1, 0.15) is 0 Å². The van der Waals surface area contributed by atoms with Crippen LogP contribution in [0.2, 0.25) is 0 Å². The summed E-state index contributed by atoms with van der Waals surface area (Å²) in [6.07, 6.45) is 2.35. The number of carbonyl (C=O) groups is 1. The van der Waals surface area contributed by atoms with Gasteiger partial charge in [0.05, 0.1) is 23.6 Å². The molecule has 0 unspecified atom stereocenters. The molecule has 0 saturated carbocycles. The standard InChI is InChI=1S/C28H44N4O4S.ClH/c1-4-30-24-17-23(18-25(19-24)32-14-8-9-15-37(32,35)36)28(34)31-26(16-22-10-6-5-7-11-22)27(33)20-29-13-12-21(2)3;/h5-7,10-11,17-19,21,26-27,29-30,33,35-36H,4,8-9,12-16,20H2,1-3H3,(H,31,34);1H/t26-,27+;/m0./s1. The third-order valence-corrected chi connectivity index (χ3v) is 8.50. The Labute approximate surface area is 235 Å². The van der Waals surface area contributed by atoms with Crippen molar-refractivity contribution < 1.29 is 19.0 Å². The maximum Gasteiger partial charge on any atom is 0.251 e. The summed E-state index contributed by atoms with van der Waals surface area (Å²) in [4.78, 5) is 13.5. The molecule has 0 radical (unpaired) electrons. The van der Waals surface area contributed by atoms with Crippen molar-refractivity contribution in [3.05, 3.63) is 59.7 Å². The third kappa shape index (κ3) is 9.63. The minimum atomic E-state index is -2.92. The topological polar surface area (TPSA) is 117 Å². The number of hydrogen-bond donors (Lipinski definition) is 6. The van der Waals surface area contributed by atoms with Crippen LogP contribution in [0.5, 0.6) is 0 Å². The van der Waals surface area contributed by atoms with Crippen molar-refractivity contribution in [2.24, 2.45) is 5.92 Å². The molecule has 1 heterocycles. The second-order valence-electron chi connectivity index (χ2n) is 10.2. The molecule has 0 bridgehead atoms. The highest BCUT2D eigenvalue weighted by Crippen LogP contribution is 2.50. The van der Waals surface area contributed by atoms with Crippen molar-refractivity contribution in [3.8, 4) is 0 Å². The van der Waals surface area contributed by atoms with E-state index in [1.54, 1.807) is 16.4 Å². The van der Waals surface area contributed by atoms with Crippen LogP contribution in [0.3, 0.4) is 0 Å². The fourth-order valence-corrected chi connectivity index (χ4v) is 6.16. The Morgan fingerprint density at radius 2 is 1.84 bits per heavy atom. The second kappa shape index (κ2) is 15.5. The molecule has 2 aromatic rings. The van der Waals surface area contributed by atoms with Crippen LogP contribution in [-0.4, -0.2) is 64.2 Å². The van der Waals surface area contributed by atoms with Gasteiger partial charge < -0.3 is 21.1 Å². The number of nitrogens with zero attached hydrogens (tertiary/aromatic N) is 1. The average molecular weight is 569 g/mol. The number of amides is 1. The predicted molar refractivity (Wildman–Crippen MR) is 162 cm³/mol. The van der Waals surface area contributed by atoms with Gasteiger partial charge in [0.15, 0.2) is 0 Å². The summed E-state index contributed by atoms with van der Waals surface area (Å²) >= 11 is 0. The minimum absolute atomic E-state index is 0. The van der Waals surface area contributed by atoms with Gasteiger partial charge >= 0.3 is 0 Å². The lowest BCUT2D eigenvalue weighted by Gasteiger charge is -2.47. The molecule has 1 aliphatic rings. The van der Waals surface area contributed by atoms with Gasteiger partial charge in [-0.2, -0.15) is 0 Å². The molecule has 6 N–H and O–H groups in total. The van der Waals surface area contributed by atoms with E-state index in [1.165, 1.54) is 0 Å². The summed E-state index contributed by atoms with van der Waals surface area (Å²) < 4.78 is 23.0. The highest BCUT2D eigenvalue weighted by molar-refractivity contribution is 8.25. The molecule has 1 amide bonds. The number of anilines is 2. The van der Waals surface area contributed by atoms with Crippen molar-refractivity contribution in [3.63, 3.8) is 0 Å². The minimum Gasteiger partial charge on any atom is -0.390 e. The van der Waals surface area contributed by atoms with Crippen LogP contribution in [0.1, 0.15) is 56.0 Å². The molecule has 1 fully saturated rings. The van der Waals surface area contributed by atoms with E-state index in [4.69, 9.17) is 0 Å². The lowest BCUT2D eigenvalue weighted by atomic mass is 10.00. The maximum absolute atomic E-state index is 13.5. The summed E-state index contributed by atoms with van der Waals surface area (Å²) in [6.45, 7) is 8.66. The van der Waals surface area contributed by atoms with Crippen molar-refractivity contribution in [1.29, 1.82) is 0 Å². The molecular formula is C28H45ClN4O4S. The molecule has 8 nitrogen and oxygen atoms in total. The first kappa shape index (κ1) is 32.2. The smallest absolute Gasteiger partial charge is 0.251 e. The van der Waals surface area contributed by atoms with E-state index >= 15 is 0 Å². The highest BCUT2D eigenvalue weighted by atomic mass is 35.5. The molecule has 10 heteroatoms. The molecule has 38 heavy (non-hydrogen) atoms. The van der Waals surface area contributed by atoms with E-state index in [0.717, 1.165) is 37.1 Å². The third-order valence-electron chi connectivity index (χ3n) is 6.56. The van der Waals surface area contributed by atoms with E-state index < -0.39 is 22.9 Å². The Morgan fingerprint density at radius 1 is 1.11 bits per heavy atom. The molecule has 0 aromatic heterocycles. The van der Waals surface area contributed by atoms with Crippen molar-refractivity contribution in [2.45, 2.75) is 58.6 Å². The first-order chi connectivity index (χ1) is 17.7. The van der Waals surface area contributed by atoms with E-state index in [2.05, 4.69) is 29.8 Å². The fourth-order valence-electron chi connectivity index (χ4n) is 4.48. The van der Waals surface area contributed by atoms with E-state index in [9.17, 15) is 19.0 Å². The molecule has 2 atom stereocenters. The molecule has 2 aromatic carbocycles. The van der Waals surface area contributed by atoms with E-state index in [1.807, 2.05) is 43.3 Å². The number of nitrogens with one attached hydrogen (secondary N) is 3.